The van der Waals surface area contributed by atoms with E-state index < -0.39 is 21.8 Å². The molecule has 1 aromatic rings. The fourth-order valence-corrected chi connectivity index (χ4v) is 1.26. The number of hydrogen-bond donors (Lipinski definition) is 0. The van der Waals surface area contributed by atoms with Gasteiger partial charge in [-0.2, -0.15) is 0 Å². The van der Waals surface area contributed by atoms with Crippen molar-refractivity contribution in [1.29, 1.82) is 0 Å². The van der Waals surface area contributed by atoms with E-state index in [2.05, 4.69) is 0 Å². The van der Waals surface area contributed by atoms with Crippen molar-refractivity contribution in [3.05, 3.63) is 33.8 Å². The monoisotopic (exact) mass is 451 g/mol. The predicted octanol–water partition coefficient (Wildman–Crippen LogP) is 7.04. The van der Waals surface area contributed by atoms with Crippen molar-refractivity contribution in [2.24, 2.45) is 0 Å². The van der Waals surface area contributed by atoms with Crippen molar-refractivity contribution < 1.29 is 56.5 Å². The summed E-state index contributed by atoms with van der Waals surface area (Å²) >= 11 is 11.5. The first-order valence-electron chi connectivity index (χ1n) is 5.79. The van der Waals surface area contributed by atoms with Gasteiger partial charge in [0, 0.05) is 17.2 Å². The van der Waals surface area contributed by atoms with Gasteiger partial charge < -0.3 is 56.5 Å². The molecule has 0 aliphatic rings. The van der Waals surface area contributed by atoms with Gasteiger partial charge >= 0.3 is 21.8 Å². The van der Waals surface area contributed by atoms with E-state index in [1.54, 1.807) is 19.2 Å². The molecule has 1 rings (SSSR count). The molecule has 0 saturated heterocycles. The molecule has 0 N–H and O–H groups in total. The molecular formula is C8H8B3Cl2F12O-3. The third-order valence-electron chi connectivity index (χ3n) is 1.31. The lowest BCUT2D eigenvalue weighted by atomic mass is 10.2. The molecule has 156 valence electrons. The Morgan fingerprint density at radius 3 is 1.27 bits per heavy atom. The van der Waals surface area contributed by atoms with Crippen LogP contribution in [-0.4, -0.2) is 28.9 Å². The summed E-state index contributed by atoms with van der Waals surface area (Å²) in [6, 6.07) is 5.35. The highest BCUT2D eigenvalue weighted by molar-refractivity contribution is 6.50. The maximum atomic E-state index is 9.75. The van der Waals surface area contributed by atoms with Crippen LogP contribution in [0.5, 0.6) is 0 Å². The SMILES string of the molecule is COCc1ccc(Cl)cc1Cl.F[B-](F)(F)F.F[B-](F)(F)F.F[B-](F)(F)F. The summed E-state index contributed by atoms with van der Waals surface area (Å²) in [6.07, 6.45) is 0. The van der Waals surface area contributed by atoms with Gasteiger partial charge in [-0.3, -0.25) is 0 Å². The molecule has 1 aromatic carbocycles. The van der Waals surface area contributed by atoms with Gasteiger partial charge in [0.1, 0.15) is 0 Å². The van der Waals surface area contributed by atoms with Crippen molar-refractivity contribution in [1.82, 2.24) is 0 Å². The average Bonchev–Trinajstić information content (AvgIpc) is 2.26. The molecule has 0 saturated carbocycles. The fraction of sp³-hybridized carbons (Fsp3) is 0.250. The van der Waals surface area contributed by atoms with Crippen molar-refractivity contribution >= 4 is 45.0 Å². The van der Waals surface area contributed by atoms with Gasteiger partial charge in [0.15, 0.2) is 0 Å². The molecule has 18 heteroatoms. The average molecular weight is 451 g/mol. The molecule has 0 aliphatic heterocycles. The molecule has 0 unspecified atom stereocenters. The molecule has 0 heterocycles. The zero-order valence-corrected chi connectivity index (χ0v) is 13.9. The highest BCUT2D eigenvalue weighted by Crippen LogP contribution is 2.21. The zero-order valence-electron chi connectivity index (χ0n) is 12.4. The van der Waals surface area contributed by atoms with E-state index in [-0.39, 0.29) is 0 Å². The summed E-state index contributed by atoms with van der Waals surface area (Å²) in [6.45, 7) is 0.524. The van der Waals surface area contributed by atoms with Gasteiger partial charge in [-0.25, -0.2) is 0 Å². The highest BCUT2D eigenvalue weighted by atomic mass is 35.5. The van der Waals surface area contributed by atoms with Crippen LogP contribution < -0.4 is 0 Å². The first-order chi connectivity index (χ1) is 11.2. The number of rotatable bonds is 2. The van der Waals surface area contributed by atoms with Gasteiger partial charge in [-0.1, -0.05) is 29.3 Å². The number of methoxy groups -OCH3 is 1. The summed E-state index contributed by atoms with van der Waals surface area (Å²) in [4.78, 5) is 0. The molecule has 0 aliphatic carbocycles. The van der Waals surface area contributed by atoms with E-state index in [4.69, 9.17) is 27.9 Å². The Bertz CT molecular complexity index is 446. The first-order valence-corrected chi connectivity index (χ1v) is 6.54. The standard InChI is InChI=1S/C8H8Cl2O.3BF4/c1-11-5-6-2-3-7(9)4-8(6)10;3*2-1(3,4)5/h2-4H,5H2,1H3;;;/q;3*-1. The van der Waals surface area contributed by atoms with Crippen LogP contribution in [0, 0.1) is 0 Å². The van der Waals surface area contributed by atoms with E-state index in [1.165, 1.54) is 0 Å². The lowest BCUT2D eigenvalue weighted by Gasteiger charge is -2.01. The summed E-state index contributed by atoms with van der Waals surface area (Å²) in [5.74, 6) is 0. The Labute approximate surface area is 149 Å². The lowest BCUT2D eigenvalue weighted by molar-refractivity contribution is 0.185. The Balaban J connectivity index is -0.000000300. The minimum atomic E-state index is -6.00. The molecule has 0 atom stereocenters. The zero-order chi connectivity index (χ0) is 21.8. The van der Waals surface area contributed by atoms with E-state index in [9.17, 15) is 51.8 Å². The second-order valence-corrected chi connectivity index (χ2v) is 4.50. The van der Waals surface area contributed by atoms with Crippen molar-refractivity contribution in [3.63, 3.8) is 0 Å². The number of ether oxygens (including phenoxy) is 1. The highest BCUT2D eigenvalue weighted by Gasteiger charge is 2.21. The molecule has 0 fully saturated rings. The first kappa shape index (κ1) is 29.9. The van der Waals surface area contributed by atoms with Gasteiger partial charge in [0.05, 0.1) is 6.61 Å². The van der Waals surface area contributed by atoms with Crippen molar-refractivity contribution in [3.8, 4) is 0 Å². The van der Waals surface area contributed by atoms with E-state index in [0.717, 1.165) is 5.56 Å². The van der Waals surface area contributed by atoms with E-state index in [0.29, 0.717) is 16.7 Å². The minimum Gasteiger partial charge on any atom is -0.418 e. The van der Waals surface area contributed by atoms with Crippen LogP contribution in [0.3, 0.4) is 0 Å². The normalized spacial score (nSPS) is 11.2. The molecule has 0 bridgehead atoms. The Morgan fingerprint density at radius 2 is 1.04 bits per heavy atom. The van der Waals surface area contributed by atoms with Crippen molar-refractivity contribution in [2.45, 2.75) is 6.61 Å². The summed E-state index contributed by atoms with van der Waals surface area (Å²) < 4.78 is 122. The van der Waals surface area contributed by atoms with Crippen LogP contribution in [-0.2, 0) is 11.3 Å². The molecular weight excluding hydrogens is 443 g/mol. The van der Waals surface area contributed by atoms with E-state index in [1.807, 2.05) is 6.07 Å². The van der Waals surface area contributed by atoms with Crippen LogP contribution in [0.4, 0.5) is 51.8 Å². The molecule has 0 amide bonds. The number of hydrogen-bond acceptors (Lipinski definition) is 1. The molecule has 26 heavy (non-hydrogen) atoms. The van der Waals surface area contributed by atoms with Gasteiger partial charge in [-0.05, 0) is 17.7 Å². The topological polar surface area (TPSA) is 9.23 Å². The fourth-order valence-electron chi connectivity index (χ4n) is 0.794. The van der Waals surface area contributed by atoms with Gasteiger partial charge in [-0.15, -0.1) is 0 Å². The predicted molar refractivity (Wildman–Crippen MR) is 77.7 cm³/mol. The largest absolute Gasteiger partial charge is 0.673 e. The summed E-state index contributed by atoms with van der Waals surface area (Å²) in [5.41, 5.74) is 0.957. The summed E-state index contributed by atoms with van der Waals surface area (Å²) in [5, 5.41) is 1.30. The third-order valence-corrected chi connectivity index (χ3v) is 1.90. The third kappa shape index (κ3) is 49.5. The van der Waals surface area contributed by atoms with Crippen molar-refractivity contribution in [2.75, 3.05) is 7.11 Å². The molecule has 0 radical (unpaired) electrons. The van der Waals surface area contributed by atoms with Gasteiger partial charge in [0.25, 0.3) is 0 Å². The summed E-state index contributed by atoms with van der Waals surface area (Å²) in [7, 11) is -16.4. The number of benzene rings is 1. The Hall–Kier alpha value is -0.885. The second-order valence-electron chi connectivity index (χ2n) is 3.65. The smallest absolute Gasteiger partial charge is 0.418 e. The minimum absolute atomic E-state index is 0.524. The number of halogens is 14. The molecule has 1 nitrogen and oxygen atoms in total. The quantitative estimate of drug-likeness (QED) is 0.346. The Kier molecular flexibility index (Phi) is 15.3. The maximum absolute atomic E-state index is 9.75. The van der Waals surface area contributed by atoms with Gasteiger partial charge in [0.2, 0.25) is 0 Å². The molecule has 0 spiro atoms. The maximum Gasteiger partial charge on any atom is 0.673 e. The van der Waals surface area contributed by atoms with Crippen LogP contribution >= 0.6 is 23.2 Å². The second kappa shape index (κ2) is 13.3. The van der Waals surface area contributed by atoms with E-state index >= 15 is 0 Å². The van der Waals surface area contributed by atoms with Crippen LogP contribution in [0.2, 0.25) is 10.0 Å². The lowest BCUT2D eigenvalue weighted by Crippen LogP contribution is -2.02. The van der Waals surface area contributed by atoms with Crippen LogP contribution in [0.25, 0.3) is 0 Å². The van der Waals surface area contributed by atoms with Crippen LogP contribution in [0.1, 0.15) is 5.56 Å². The Morgan fingerprint density at radius 1 is 0.731 bits per heavy atom. The van der Waals surface area contributed by atoms with Crippen LogP contribution in [0.15, 0.2) is 18.2 Å². The molecule has 0 aromatic heterocycles.